The average Bonchev–Trinajstić information content (AvgIpc) is 2.63. The van der Waals surface area contributed by atoms with E-state index in [-0.39, 0.29) is 6.04 Å². The average molecular weight is 353 g/mol. The molecule has 1 unspecified atom stereocenters. The Kier molecular flexibility index (Phi) is 5.31. The Morgan fingerprint density at radius 2 is 2.20 bits per heavy atom. The normalized spacial score (nSPS) is 15.0. The molecule has 1 aromatic heterocycles. The van der Waals surface area contributed by atoms with Gasteiger partial charge in [-0.1, -0.05) is 30.3 Å². The highest BCUT2D eigenvalue weighted by Crippen LogP contribution is 2.28. The number of nitrogens with zero attached hydrogens (tertiary/aromatic N) is 3. The van der Waals surface area contributed by atoms with Crippen molar-refractivity contribution >= 4 is 23.5 Å². The summed E-state index contributed by atoms with van der Waals surface area (Å²) in [7, 11) is 1.97. The quantitative estimate of drug-likeness (QED) is 0.895. The van der Waals surface area contributed by atoms with E-state index < -0.39 is 0 Å². The largest absolute Gasteiger partial charge is 0.362 e. The zero-order valence-electron chi connectivity index (χ0n) is 14.2. The fraction of sp³-hybridized carbons (Fsp3) is 0.200. The fourth-order valence-electron chi connectivity index (χ4n) is 2.88. The first kappa shape index (κ1) is 17.4. The third-order valence-electron chi connectivity index (χ3n) is 4.23. The summed E-state index contributed by atoms with van der Waals surface area (Å²) in [5, 5.41) is 0.667. The summed E-state index contributed by atoms with van der Waals surface area (Å²) in [6.07, 6.45) is 6.10. The van der Waals surface area contributed by atoms with Gasteiger partial charge < -0.3 is 10.6 Å². The number of benzene rings is 1. The minimum absolute atomic E-state index is 0.305. The summed E-state index contributed by atoms with van der Waals surface area (Å²) in [6, 6.07) is 11.4. The Morgan fingerprint density at radius 1 is 1.36 bits per heavy atom. The van der Waals surface area contributed by atoms with Gasteiger partial charge in [0.2, 0.25) is 0 Å². The predicted octanol–water partition coefficient (Wildman–Crippen LogP) is 3.52. The second-order valence-electron chi connectivity index (χ2n) is 6.19. The molecule has 1 aliphatic heterocycles. The van der Waals surface area contributed by atoms with Gasteiger partial charge in [0.05, 0.1) is 12.4 Å². The van der Waals surface area contributed by atoms with Crippen LogP contribution in [0.5, 0.6) is 0 Å². The van der Waals surface area contributed by atoms with Crippen LogP contribution in [0.2, 0.25) is 5.02 Å². The van der Waals surface area contributed by atoms with Crippen molar-refractivity contribution in [3.8, 4) is 0 Å². The molecule has 1 atom stereocenters. The van der Waals surface area contributed by atoms with E-state index in [0.717, 1.165) is 34.5 Å². The fourth-order valence-corrected chi connectivity index (χ4v) is 3.05. The molecule has 0 fully saturated rings. The van der Waals surface area contributed by atoms with Gasteiger partial charge >= 0.3 is 0 Å². The minimum Gasteiger partial charge on any atom is -0.362 e. The van der Waals surface area contributed by atoms with E-state index in [4.69, 9.17) is 17.3 Å². The molecule has 25 heavy (non-hydrogen) atoms. The molecule has 4 nitrogen and oxygen atoms in total. The van der Waals surface area contributed by atoms with Crippen molar-refractivity contribution in [2.24, 2.45) is 10.7 Å². The first-order valence-electron chi connectivity index (χ1n) is 8.10. The molecule has 0 spiro atoms. The molecule has 5 heteroatoms. The number of likely N-dealkylation sites (N-methyl/N-ethyl adjacent to an activating group) is 1. The van der Waals surface area contributed by atoms with Crippen molar-refractivity contribution in [2.75, 3.05) is 13.6 Å². The molecule has 3 rings (SSSR count). The lowest BCUT2D eigenvalue weighted by molar-refractivity contribution is 0.544. The number of rotatable bonds is 5. The summed E-state index contributed by atoms with van der Waals surface area (Å²) in [4.78, 5) is 10.6. The van der Waals surface area contributed by atoms with Crippen molar-refractivity contribution < 1.29 is 0 Å². The lowest BCUT2D eigenvalue weighted by Crippen LogP contribution is -2.33. The van der Waals surface area contributed by atoms with E-state index in [2.05, 4.69) is 16.6 Å². The standard InChI is InChI=1S/C20H21ClN4/c1-14(20(22)16-11-23-13-25(2)12-16)19-10-17(21)7-6-15(19)9-18-5-3-4-8-24-18/h3-8,10-11,13,20H,1,9,12,22H2,2H3. The van der Waals surface area contributed by atoms with Crippen LogP contribution in [0.1, 0.15) is 16.8 Å². The lowest BCUT2D eigenvalue weighted by atomic mass is 9.90. The maximum Gasteiger partial charge on any atom is 0.0905 e. The summed E-state index contributed by atoms with van der Waals surface area (Å²) in [5.74, 6) is 0. The minimum atomic E-state index is -0.305. The predicted molar refractivity (Wildman–Crippen MR) is 105 cm³/mol. The van der Waals surface area contributed by atoms with Crippen LogP contribution in [0.25, 0.3) is 5.57 Å². The Morgan fingerprint density at radius 3 is 2.92 bits per heavy atom. The summed E-state index contributed by atoms with van der Waals surface area (Å²) in [5.41, 5.74) is 11.4. The van der Waals surface area contributed by atoms with E-state index in [1.165, 1.54) is 0 Å². The first-order chi connectivity index (χ1) is 12.0. The molecule has 2 heterocycles. The summed E-state index contributed by atoms with van der Waals surface area (Å²) >= 11 is 6.23. The molecule has 0 bridgehead atoms. The highest BCUT2D eigenvalue weighted by Gasteiger charge is 2.19. The van der Waals surface area contributed by atoms with E-state index in [1.54, 1.807) is 12.5 Å². The van der Waals surface area contributed by atoms with Gasteiger partial charge in [-0.15, -0.1) is 0 Å². The molecule has 0 aliphatic carbocycles. The topological polar surface area (TPSA) is 54.5 Å². The second-order valence-corrected chi connectivity index (χ2v) is 6.62. The highest BCUT2D eigenvalue weighted by atomic mass is 35.5. The van der Waals surface area contributed by atoms with Gasteiger partial charge in [0, 0.05) is 43.1 Å². The Labute approximate surface area is 153 Å². The monoisotopic (exact) mass is 352 g/mol. The van der Waals surface area contributed by atoms with Crippen LogP contribution in [-0.2, 0) is 6.42 Å². The molecule has 0 radical (unpaired) electrons. The lowest BCUT2D eigenvalue weighted by Gasteiger charge is -2.25. The van der Waals surface area contributed by atoms with E-state index in [9.17, 15) is 0 Å². The van der Waals surface area contributed by atoms with Crippen molar-refractivity contribution in [2.45, 2.75) is 12.5 Å². The molecular weight excluding hydrogens is 332 g/mol. The van der Waals surface area contributed by atoms with E-state index in [1.807, 2.05) is 54.5 Å². The van der Waals surface area contributed by atoms with Crippen LogP contribution in [0, 0.1) is 0 Å². The van der Waals surface area contributed by atoms with Gasteiger partial charge in [-0.05, 0) is 46.5 Å². The Hall–Kier alpha value is -2.43. The summed E-state index contributed by atoms with van der Waals surface area (Å²) in [6.45, 7) is 4.99. The zero-order chi connectivity index (χ0) is 17.8. The SMILES string of the molecule is C=C(c1cc(Cl)ccc1Cc1ccccn1)C(N)C1=CN=CN(C)C1. The van der Waals surface area contributed by atoms with Crippen LogP contribution in [0.3, 0.4) is 0 Å². The van der Waals surface area contributed by atoms with Crippen molar-refractivity contribution in [3.63, 3.8) is 0 Å². The number of halogens is 1. The van der Waals surface area contributed by atoms with Gasteiger partial charge in [-0.25, -0.2) is 4.99 Å². The number of hydrogen-bond acceptors (Lipinski definition) is 4. The van der Waals surface area contributed by atoms with Crippen LogP contribution in [-0.4, -0.2) is 35.9 Å². The number of pyridine rings is 1. The van der Waals surface area contributed by atoms with Crippen LogP contribution in [0.4, 0.5) is 0 Å². The molecule has 0 amide bonds. The van der Waals surface area contributed by atoms with Crippen LogP contribution < -0.4 is 5.73 Å². The molecule has 0 saturated carbocycles. The van der Waals surface area contributed by atoms with Crippen molar-refractivity contribution in [1.29, 1.82) is 0 Å². The highest BCUT2D eigenvalue weighted by molar-refractivity contribution is 6.30. The van der Waals surface area contributed by atoms with Gasteiger partial charge in [-0.3, -0.25) is 4.98 Å². The summed E-state index contributed by atoms with van der Waals surface area (Å²) < 4.78 is 0. The molecular formula is C20H21ClN4. The number of aliphatic imine (C=N–C) groups is 1. The zero-order valence-corrected chi connectivity index (χ0v) is 14.9. The molecule has 1 aliphatic rings. The van der Waals surface area contributed by atoms with Crippen LogP contribution in [0.15, 0.2) is 65.9 Å². The molecule has 0 saturated heterocycles. The van der Waals surface area contributed by atoms with E-state index >= 15 is 0 Å². The maximum atomic E-state index is 6.47. The first-order valence-corrected chi connectivity index (χ1v) is 8.48. The van der Waals surface area contributed by atoms with Crippen molar-refractivity contribution in [1.82, 2.24) is 9.88 Å². The number of aromatic nitrogens is 1. The molecule has 128 valence electrons. The molecule has 1 aromatic carbocycles. The van der Waals surface area contributed by atoms with Gasteiger partial charge in [0.15, 0.2) is 0 Å². The number of hydrogen-bond donors (Lipinski definition) is 1. The number of nitrogens with two attached hydrogens (primary N) is 1. The van der Waals surface area contributed by atoms with Crippen molar-refractivity contribution in [3.05, 3.63) is 82.8 Å². The maximum absolute atomic E-state index is 6.47. The smallest absolute Gasteiger partial charge is 0.0905 e. The molecule has 2 aromatic rings. The second kappa shape index (κ2) is 7.64. The van der Waals surface area contributed by atoms with Gasteiger partial charge in [0.25, 0.3) is 0 Å². The third kappa shape index (κ3) is 4.16. The Bertz CT molecular complexity index is 827. The van der Waals surface area contributed by atoms with Gasteiger partial charge in [-0.2, -0.15) is 0 Å². The molecule has 2 N–H and O–H groups in total. The third-order valence-corrected chi connectivity index (χ3v) is 4.46. The van der Waals surface area contributed by atoms with Crippen LogP contribution >= 0.6 is 11.6 Å². The van der Waals surface area contributed by atoms with Gasteiger partial charge in [0.1, 0.15) is 0 Å². The van der Waals surface area contributed by atoms with E-state index in [0.29, 0.717) is 11.4 Å². The Balaban J connectivity index is 1.90.